The standard InChI is InChI=1S/C28H35F3N6O3.2ClH/c1-4-32-7-8-37(24-11-23-21(9-18(24)2)14-35(28(23)40)17-25(30)31)27(39)13-33-12-26(38)34(3)36-15-19-5-6-22(29)10-20(19)16-36;;/h5-6,9-11,25,32-33H,4,7-8,12-17H2,1-3H3;2*1H. The number of carbonyl (C=O) groups is 3. The number of benzene rings is 2. The quantitative estimate of drug-likeness (QED) is 0.350. The van der Waals surface area contributed by atoms with E-state index in [1.54, 1.807) is 35.2 Å². The fourth-order valence-electron chi connectivity index (χ4n) is 5.09. The van der Waals surface area contributed by atoms with Crippen molar-refractivity contribution >= 4 is 48.2 Å². The van der Waals surface area contributed by atoms with Crippen molar-refractivity contribution in [2.24, 2.45) is 0 Å². The van der Waals surface area contributed by atoms with Crippen LogP contribution in [0.25, 0.3) is 0 Å². The number of aryl methyl sites for hydroxylation is 1. The number of amides is 3. The summed E-state index contributed by atoms with van der Waals surface area (Å²) >= 11 is 0. The number of hydrogen-bond donors (Lipinski definition) is 2. The number of alkyl halides is 2. The lowest BCUT2D eigenvalue weighted by Crippen LogP contribution is -2.47. The SMILES string of the molecule is CCNCCN(C(=O)CNCC(=O)N(C)N1Cc2ccc(F)cc2C1)c1cc2c(cc1C)CN(CC(F)F)C2=O.Cl.Cl. The summed E-state index contributed by atoms with van der Waals surface area (Å²) < 4.78 is 39.4. The van der Waals surface area contributed by atoms with Crippen LogP contribution in [-0.2, 0) is 29.2 Å². The Morgan fingerprint density at radius 2 is 1.67 bits per heavy atom. The molecule has 2 aliphatic heterocycles. The van der Waals surface area contributed by atoms with E-state index in [2.05, 4.69) is 10.6 Å². The van der Waals surface area contributed by atoms with Crippen molar-refractivity contribution in [3.05, 3.63) is 64.0 Å². The van der Waals surface area contributed by atoms with Crippen molar-refractivity contribution < 1.29 is 27.6 Å². The highest BCUT2D eigenvalue weighted by molar-refractivity contribution is 6.02. The van der Waals surface area contributed by atoms with Gasteiger partial charge in [0.15, 0.2) is 0 Å². The van der Waals surface area contributed by atoms with Gasteiger partial charge in [-0.05, 0) is 53.9 Å². The Balaban J connectivity index is 0.00000308. The number of hydrogen-bond acceptors (Lipinski definition) is 6. The van der Waals surface area contributed by atoms with E-state index in [-0.39, 0.29) is 62.1 Å². The first-order valence-corrected chi connectivity index (χ1v) is 13.3. The lowest BCUT2D eigenvalue weighted by Gasteiger charge is -2.28. The molecule has 3 amide bonds. The van der Waals surface area contributed by atoms with E-state index in [4.69, 9.17) is 0 Å². The van der Waals surface area contributed by atoms with E-state index in [0.29, 0.717) is 49.5 Å². The monoisotopic (exact) mass is 632 g/mol. The first kappa shape index (κ1) is 35.3. The minimum absolute atomic E-state index is 0. The van der Waals surface area contributed by atoms with Crippen LogP contribution in [0.2, 0.25) is 0 Å². The molecule has 0 unspecified atom stereocenters. The van der Waals surface area contributed by atoms with Gasteiger partial charge in [0.2, 0.25) is 5.91 Å². The third-order valence-corrected chi connectivity index (χ3v) is 7.22. The van der Waals surface area contributed by atoms with Gasteiger partial charge in [0.1, 0.15) is 5.82 Å². The second-order valence-corrected chi connectivity index (χ2v) is 10.0. The van der Waals surface area contributed by atoms with Gasteiger partial charge in [-0.3, -0.25) is 24.7 Å². The maximum absolute atomic E-state index is 13.6. The number of anilines is 1. The van der Waals surface area contributed by atoms with Gasteiger partial charge in [0, 0.05) is 51.0 Å². The maximum Gasteiger partial charge on any atom is 0.255 e. The molecular formula is C28H37Cl2F3N6O3. The summed E-state index contributed by atoms with van der Waals surface area (Å²) in [5.41, 5.74) is 4.04. The Kier molecular flexibility index (Phi) is 13.1. The molecule has 2 N–H and O–H groups in total. The molecule has 0 radical (unpaired) electrons. The number of halogens is 5. The van der Waals surface area contributed by atoms with Crippen LogP contribution in [-0.4, -0.2) is 85.4 Å². The lowest BCUT2D eigenvalue weighted by atomic mass is 10.0. The van der Waals surface area contributed by atoms with E-state index < -0.39 is 18.9 Å². The van der Waals surface area contributed by atoms with Crippen LogP contribution in [0.15, 0.2) is 30.3 Å². The summed E-state index contributed by atoms with van der Waals surface area (Å²) in [5.74, 6) is -1.34. The van der Waals surface area contributed by atoms with Crippen LogP contribution >= 0.6 is 24.8 Å². The number of nitrogens with zero attached hydrogens (tertiary/aromatic N) is 4. The number of rotatable bonds is 12. The van der Waals surface area contributed by atoms with Gasteiger partial charge >= 0.3 is 0 Å². The first-order valence-electron chi connectivity index (χ1n) is 13.3. The Morgan fingerprint density at radius 3 is 2.36 bits per heavy atom. The summed E-state index contributed by atoms with van der Waals surface area (Å²) in [6, 6.07) is 7.96. The highest BCUT2D eigenvalue weighted by Crippen LogP contribution is 2.31. The molecule has 4 rings (SSSR count). The Labute approximate surface area is 256 Å². The molecule has 0 saturated heterocycles. The highest BCUT2D eigenvalue weighted by Gasteiger charge is 2.31. The second-order valence-electron chi connectivity index (χ2n) is 10.0. The molecule has 2 aliphatic rings. The zero-order valence-corrected chi connectivity index (χ0v) is 25.4. The Bertz CT molecular complexity index is 1290. The first-order chi connectivity index (χ1) is 19.1. The van der Waals surface area contributed by atoms with Crippen molar-refractivity contribution in [2.45, 2.75) is 39.9 Å². The summed E-state index contributed by atoms with van der Waals surface area (Å²) in [6.45, 7) is 5.44. The zero-order chi connectivity index (χ0) is 29.0. The molecule has 2 aromatic rings. The molecule has 2 heterocycles. The van der Waals surface area contributed by atoms with Crippen LogP contribution in [0.4, 0.5) is 18.9 Å². The van der Waals surface area contributed by atoms with Crippen LogP contribution in [0.3, 0.4) is 0 Å². The third kappa shape index (κ3) is 8.13. The average Bonchev–Trinajstić information content (AvgIpc) is 3.45. The smallest absolute Gasteiger partial charge is 0.255 e. The Morgan fingerprint density at radius 1 is 0.976 bits per heavy atom. The fourth-order valence-corrected chi connectivity index (χ4v) is 5.09. The molecule has 0 saturated carbocycles. The molecule has 2 aromatic carbocycles. The normalized spacial score (nSPS) is 13.9. The van der Waals surface area contributed by atoms with Crippen molar-refractivity contribution in [3.63, 3.8) is 0 Å². The molecule has 14 heteroatoms. The third-order valence-electron chi connectivity index (χ3n) is 7.22. The number of carbonyl (C=O) groups excluding carboxylic acids is 3. The van der Waals surface area contributed by atoms with Crippen molar-refractivity contribution in [1.82, 2.24) is 25.6 Å². The predicted octanol–water partition coefficient (Wildman–Crippen LogP) is 3.12. The summed E-state index contributed by atoms with van der Waals surface area (Å²) in [4.78, 5) is 41.6. The highest BCUT2D eigenvalue weighted by atomic mass is 35.5. The molecule has 42 heavy (non-hydrogen) atoms. The average molecular weight is 634 g/mol. The summed E-state index contributed by atoms with van der Waals surface area (Å²) in [7, 11) is 1.64. The molecule has 232 valence electrons. The van der Waals surface area contributed by atoms with Crippen LogP contribution in [0, 0.1) is 12.7 Å². The number of nitrogens with one attached hydrogen (secondary N) is 2. The minimum Gasteiger partial charge on any atom is -0.329 e. The number of hydrazine groups is 1. The largest absolute Gasteiger partial charge is 0.329 e. The maximum atomic E-state index is 13.6. The van der Waals surface area contributed by atoms with Crippen LogP contribution < -0.4 is 15.5 Å². The lowest BCUT2D eigenvalue weighted by molar-refractivity contribution is -0.145. The summed E-state index contributed by atoms with van der Waals surface area (Å²) in [6.07, 6.45) is -2.63. The minimum atomic E-state index is -2.63. The Hall–Kier alpha value is -2.90. The van der Waals surface area contributed by atoms with Gasteiger partial charge in [0.05, 0.1) is 19.6 Å². The van der Waals surface area contributed by atoms with E-state index in [9.17, 15) is 27.6 Å². The molecule has 0 aromatic heterocycles. The molecule has 0 bridgehead atoms. The van der Waals surface area contributed by atoms with E-state index in [0.717, 1.165) is 21.6 Å². The van der Waals surface area contributed by atoms with Crippen molar-refractivity contribution in [1.29, 1.82) is 0 Å². The molecule has 0 spiro atoms. The van der Waals surface area contributed by atoms with Crippen molar-refractivity contribution in [2.75, 3.05) is 51.2 Å². The van der Waals surface area contributed by atoms with E-state index >= 15 is 0 Å². The zero-order valence-electron chi connectivity index (χ0n) is 23.8. The van der Waals surface area contributed by atoms with E-state index in [1.165, 1.54) is 17.1 Å². The molecule has 0 atom stereocenters. The van der Waals surface area contributed by atoms with E-state index in [1.807, 2.05) is 13.8 Å². The number of fused-ring (bicyclic) bond motifs is 2. The van der Waals surface area contributed by atoms with Gasteiger partial charge in [0.25, 0.3) is 18.2 Å². The van der Waals surface area contributed by atoms with Gasteiger partial charge < -0.3 is 15.1 Å². The number of likely N-dealkylation sites (N-methyl/N-ethyl adjacent to an activating group) is 2. The van der Waals surface area contributed by atoms with Gasteiger partial charge in [-0.1, -0.05) is 19.1 Å². The van der Waals surface area contributed by atoms with Crippen LogP contribution in [0.1, 0.15) is 39.5 Å². The van der Waals surface area contributed by atoms with Gasteiger partial charge in [-0.2, -0.15) is 0 Å². The molecule has 0 aliphatic carbocycles. The van der Waals surface area contributed by atoms with Crippen LogP contribution in [0.5, 0.6) is 0 Å². The summed E-state index contributed by atoms with van der Waals surface area (Å²) in [5, 5.41) is 9.38. The van der Waals surface area contributed by atoms with Gasteiger partial charge in [-0.25, -0.2) is 18.2 Å². The topological polar surface area (TPSA) is 88.2 Å². The van der Waals surface area contributed by atoms with Gasteiger partial charge in [-0.15, -0.1) is 24.8 Å². The second kappa shape index (κ2) is 15.5. The fraction of sp³-hybridized carbons (Fsp3) is 0.464. The predicted molar refractivity (Wildman–Crippen MR) is 159 cm³/mol. The molecule has 9 nitrogen and oxygen atoms in total. The molecular weight excluding hydrogens is 596 g/mol. The van der Waals surface area contributed by atoms with Crippen molar-refractivity contribution in [3.8, 4) is 0 Å². The molecule has 0 fully saturated rings.